The zero-order valence-electron chi connectivity index (χ0n) is 24.8. The molecule has 41 heavy (non-hydrogen) atoms. The van der Waals surface area contributed by atoms with Crippen LogP contribution in [0.3, 0.4) is 0 Å². The molecule has 218 valence electrons. The van der Waals surface area contributed by atoms with E-state index in [9.17, 15) is 9.59 Å². The third-order valence-electron chi connectivity index (χ3n) is 8.89. The van der Waals surface area contributed by atoms with Crippen molar-refractivity contribution in [1.82, 2.24) is 15.2 Å². The maximum Gasteiger partial charge on any atom is 0.251 e. The maximum atomic E-state index is 13.3. The highest BCUT2D eigenvalue weighted by molar-refractivity contribution is 5.99. The van der Waals surface area contributed by atoms with Crippen LogP contribution in [0.25, 0.3) is 23.2 Å². The third kappa shape index (κ3) is 6.67. The van der Waals surface area contributed by atoms with E-state index in [1.807, 2.05) is 37.3 Å². The summed E-state index contributed by atoms with van der Waals surface area (Å²) in [5.41, 5.74) is 3.38. The molecule has 7 heteroatoms. The summed E-state index contributed by atoms with van der Waals surface area (Å²) >= 11 is 0. The van der Waals surface area contributed by atoms with Gasteiger partial charge in [0.25, 0.3) is 5.91 Å². The fourth-order valence-electron chi connectivity index (χ4n) is 6.48. The predicted molar refractivity (Wildman–Crippen MR) is 164 cm³/mol. The smallest absolute Gasteiger partial charge is 0.251 e. The van der Waals surface area contributed by atoms with Gasteiger partial charge in [-0.25, -0.2) is 0 Å². The number of aromatic amines is 1. The van der Waals surface area contributed by atoms with Crippen molar-refractivity contribution in [3.8, 4) is 5.75 Å². The Kier molecular flexibility index (Phi) is 9.13. The lowest BCUT2D eigenvalue weighted by atomic mass is 9.78. The molecule has 2 heterocycles. The minimum atomic E-state index is -0.0616. The highest BCUT2D eigenvalue weighted by atomic mass is 16.5. The van der Waals surface area contributed by atoms with Gasteiger partial charge in [0, 0.05) is 60.5 Å². The highest BCUT2D eigenvalue weighted by Crippen LogP contribution is 2.33. The van der Waals surface area contributed by atoms with Crippen molar-refractivity contribution < 1.29 is 19.1 Å². The molecule has 1 aromatic heterocycles. The van der Waals surface area contributed by atoms with E-state index >= 15 is 0 Å². The van der Waals surface area contributed by atoms with Crippen LogP contribution in [0, 0.1) is 18.8 Å². The number of aromatic nitrogens is 1. The van der Waals surface area contributed by atoms with E-state index in [1.165, 1.54) is 11.6 Å². The fourth-order valence-corrected chi connectivity index (χ4v) is 6.48. The zero-order valence-corrected chi connectivity index (χ0v) is 24.8. The van der Waals surface area contributed by atoms with Gasteiger partial charge in [0.05, 0.1) is 19.4 Å². The summed E-state index contributed by atoms with van der Waals surface area (Å²) in [4.78, 5) is 31.9. The third-order valence-corrected chi connectivity index (χ3v) is 8.89. The monoisotopic (exact) mass is 557 g/mol. The van der Waals surface area contributed by atoms with E-state index < -0.39 is 0 Å². The number of carbonyl (C=O) groups is 2. The molecule has 1 amide bonds. The summed E-state index contributed by atoms with van der Waals surface area (Å²) in [6.45, 7) is 6.28. The normalized spacial score (nSPS) is 20.5. The first-order valence-corrected chi connectivity index (χ1v) is 14.9. The van der Waals surface area contributed by atoms with Gasteiger partial charge in [-0.2, -0.15) is 0 Å². The number of nitrogens with one attached hydrogen (secondary N) is 2. The Bertz CT molecular complexity index is 1520. The number of methoxy groups -OCH3 is 2. The molecule has 3 unspecified atom stereocenters. The first-order chi connectivity index (χ1) is 19.9. The van der Waals surface area contributed by atoms with Crippen LogP contribution < -0.4 is 20.5 Å². The molecule has 2 aromatic carbocycles. The molecular formula is C34H43N3O4. The number of fused-ring (bicyclic) bond motifs is 2. The standard InChI is InChI=1S/C34H43N3O4/c1-22-8-9-26-10-12-29(34(39)35-14-15-40-3)23(2)30(26)21-37(22)20-25-7-5-6-24(16-25)17-33(38)32-19-27-18-28(41-4)11-13-31(27)36-32/h9-13,18-19,21-22,24-25,36H,5-8,14-17,20H2,1-4H3,(H,35,39). The number of H-pyrrole nitrogens is 1. The van der Waals surface area contributed by atoms with E-state index in [0.29, 0.717) is 48.7 Å². The minimum Gasteiger partial charge on any atom is -0.497 e. The van der Waals surface area contributed by atoms with Crippen LogP contribution in [0.15, 0.2) is 36.4 Å². The Labute approximate surface area is 242 Å². The van der Waals surface area contributed by atoms with Crippen LogP contribution in [-0.4, -0.2) is 61.5 Å². The first kappa shape index (κ1) is 28.9. The van der Waals surface area contributed by atoms with Gasteiger partial charge in [0.1, 0.15) is 5.75 Å². The number of ether oxygens (including phenoxy) is 2. The molecule has 0 spiro atoms. The van der Waals surface area contributed by atoms with Crippen molar-refractivity contribution in [2.45, 2.75) is 58.4 Å². The average Bonchev–Trinajstić information content (AvgIpc) is 3.33. The van der Waals surface area contributed by atoms with E-state index in [2.05, 4.69) is 40.5 Å². The summed E-state index contributed by atoms with van der Waals surface area (Å²) in [6, 6.07) is 12.2. The number of benzene rings is 2. The molecule has 1 aliphatic carbocycles. The minimum absolute atomic E-state index is 0.0616. The van der Waals surface area contributed by atoms with Gasteiger partial charge in [0.2, 0.25) is 0 Å². The van der Waals surface area contributed by atoms with Gasteiger partial charge < -0.3 is 24.7 Å². The van der Waals surface area contributed by atoms with Crippen molar-refractivity contribution in [2.24, 2.45) is 11.8 Å². The average molecular weight is 558 g/mol. The first-order valence-electron chi connectivity index (χ1n) is 14.9. The Morgan fingerprint density at radius 2 is 1.93 bits per heavy atom. The molecule has 0 saturated heterocycles. The van der Waals surface area contributed by atoms with E-state index in [1.54, 1.807) is 14.2 Å². The number of ketones is 1. The molecule has 3 aromatic rings. The number of Topliss-reactive ketones (excluding diaryl/α,β-unsaturated/α-hetero) is 1. The maximum absolute atomic E-state index is 13.3. The van der Waals surface area contributed by atoms with Crippen LogP contribution >= 0.6 is 0 Å². The van der Waals surface area contributed by atoms with Gasteiger partial charge in [-0.15, -0.1) is 0 Å². The van der Waals surface area contributed by atoms with Gasteiger partial charge in [-0.3, -0.25) is 9.59 Å². The summed E-state index contributed by atoms with van der Waals surface area (Å²) in [5.74, 6) is 1.86. The Balaban J connectivity index is 1.27. The summed E-state index contributed by atoms with van der Waals surface area (Å²) < 4.78 is 10.4. The van der Waals surface area contributed by atoms with Gasteiger partial charge in [0.15, 0.2) is 5.78 Å². The summed E-state index contributed by atoms with van der Waals surface area (Å²) in [7, 11) is 3.29. The highest BCUT2D eigenvalue weighted by Gasteiger charge is 2.27. The van der Waals surface area contributed by atoms with Gasteiger partial charge in [-0.1, -0.05) is 18.6 Å². The second-order valence-electron chi connectivity index (χ2n) is 11.8. The van der Waals surface area contributed by atoms with E-state index in [4.69, 9.17) is 9.47 Å². The van der Waals surface area contributed by atoms with Crippen LogP contribution in [0.2, 0.25) is 0 Å². The van der Waals surface area contributed by atoms with Crippen LogP contribution in [-0.2, 0) is 4.74 Å². The van der Waals surface area contributed by atoms with E-state index in [0.717, 1.165) is 59.7 Å². The number of hydrogen-bond acceptors (Lipinski definition) is 5. The lowest BCUT2D eigenvalue weighted by Crippen LogP contribution is -2.37. The SMILES string of the molecule is COCCNC(=O)c1ccc2c(c1C)=CN(CC1CCCC(CC(=O)c3cc4cc(OC)ccc4[nH]3)C1)C(C)CC=2. The molecule has 0 radical (unpaired) electrons. The number of amides is 1. The van der Waals surface area contributed by atoms with Crippen molar-refractivity contribution >= 4 is 34.9 Å². The number of nitrogens with zero attached hydrogens (tertiary/aromatic N) is 1. The topological polar surface area (TPSA) is 83.7 Å². The van der Waals surface area contributed by atoms with E-state index in [-0.39, 0.29) is 11.7 Å². The lowest BCUT2D eigenvalue weighted by molar-refractivity contribution is 0.0923. The van der Waals surface area contributed by atoms with Gasteiger partial charge in [-0.05, 0) is 92.5 Å². The van der Waals surface area contributed by atoms with Crippen LogP contribution in [0.4, 0.5) is 0 Å². The Hall–Kier alpha value is -3.58. The Morgan fingerprint density at radius 3 is 2.73 bits per heavy atom. The molecule has 2 N–H and O–H groups in total. The Morgan fingerprint density at radius 1 is 1.10 bits per heavy atom. The molecule has 1 fully saturated rings. The molecule has 0 bridgehead atoms. The van der Waals surface area contributed by atoms with Crippen molar-refractivity contribution in [1.29, 1.82) is 0 Å². The molecular weight excluding hydrogens is 514 g/mol. The van der Waals surface area contributed by atoms with Crippen LogP contribution in [0.5, 0.6) is 5.75 Å². The molecule has 1 aliphatic heterocycles. The van der Waals surface area contributed by atoms with Crippen molar-refractivity contribution in [3.63, 3.8) is 0 Å². The molecule has 7 nitrogen and oxygen atoms in total. The number of carbonyl (C=O) groups excluding carboxylic acids is 2. The zero-order chi connectivity index (χ0) is 28.9. The largest absolute Gasteiger partial charge is 0.497 e. The summed E-state index contributed by atoms with van der Waals surface area (Å²) in [6.07, 6.45) is 10.6. The quantitative estimate of drug-likeness (QED) is 0.282. The van der Waals surface area contributed by atoms with Gasteiger partial charge >= 0.3 is 0 Å². The molecule has 5 rings (SSSR count). The molecule has 1 saturated carbocycles. The van der Waals surface area contributed by atoms with Crippen molar-refractivity contribution in [3.05, 3.63) is 63.7 Å². The second-order valence-corrected chi connectivity index (χ2v) is 11.8. The van der Waals surface area contributed by atoms with Crippen molar-refractivity contribution in [2.75, 3.05) is 33.9 Å². The fraction of sp³-hybridized carbons (Fsp3) is 0.471. The molecule has 2 aliphatic rings. The predicted octanol–water partition coefficient (Wildman–Crippen LogP) is 4.55. The van der Waals surface area contributed by atoms with Crippen LogP contribution in [0.1, 0.15) is 71.9 Å². The number of hydrogen-bond donors (Lipinski definition) is 2. The molecule has 3 atom stereocenters. The number of rotatable bonds is 10. The summed E-state index contributed by atoms with van der Waals surface area (Å²) in [5, 5.41) is 6.28. The second kappa shape index (κ2) is 12.9. The lowest BCUT2D eigenvalue weighted by Gasteiger charge is -2.35.